The van der Waals surface area contributed by atoms with Gasteiger partial charge in [-0.15, -0.1) is 11.8 Å². The van der Waals surface area contributed by atoms with Crippen molar-refractivity contribution in [2.75, 3.05) is 19.8 Å². The normalized spacial score (nSPS) is 12.2. The summed E-state index contributed by atoms with van der Waals surface area (Å²) < 4.78 is 0. The van der Waals surface area contributed by atoms with Crippen LogP contribution in [0.15, 0.2) is 23.4 Å². The molecule has 0 aromatic carbocycles. The largest absolute Gasteiger partial charge is 0.397 e. The Morgan fingerprint density at radius 2 is 2.27 bits per heavy atom. The van der Waals surface area contributed by atoms with E-state index < -0.39 is 0 Å². The zero-order valence-electron chi connectivity index (χ0n) is 9.10. The molecule has 0 spiro atoms. The minimum atomic E-state index is -0.135. The molecule has 1 heterocycles. The fraction of sp³-hybridized carbons (Fsp3) is 0.400. The van der Waals surface area contributed by atoms with Crippen LogP contribution >= 0.6 is 11.8 Å². The SMILES string of the molecule is CC(Sc1ccncc1N)C(=O)N(C)C. The van der Waals surface area contributed by atoms with E-state index in [1.807, 2.05) is 13.0 Å². The van der Waals surface area contributed by atoms with E-state index in [2.05, 4.69) is 4.98 Å². The van der Waals surface area contributed by atoms with Crippen LogP contribution in [0.1, 0.15) is 6.92 Å². The van der Waals surface area contributed by atoms with Gasteiger partial charge >= 0.3 is 0 Å². The standard InChI is InChI=1S/C10H15N3OS/c1-7(10(14)13(2)3)15-9-4-5-12-6-8(9)11/h4-7H,11H2,1-3H3. The van der Waals surface area contributed by atoms with Crippen LogP contribution in [0.4, 0.5) is 5.69 Å². The van der Waals surface area contributed by atoms with Gasteiger partial charge in [-0.05, 0) is 13.0 Å². The van der Waals surface area contributed by atoms with Gasteiger partial charge in [-0.25, -0.2) is 0 Å². The van der Waals surface area contributed by atoms with E-state index in [-0.39, 0.29) is 11.2 Å². The third kappa shape index (κ3) is 3.13. The first kappa shape index (κ1) is 11.8. The lowest BCUT2D eigenvalue weighted by Gasteiger charge is -2.16. The maximum Gasteiger partial charge on any atom is 0.235 e. The highest BCUT2D eigenvalue weighted by atomic mass is 32.2. The molecule has 1 aromatic heterocycles. The number of amides is 1. The number of carbonyl (C=O) groups excluding carboxylic acids is 1. The van der Waals surface area contributed by atoms with Crippen molar-refractivity contribution in [3.8, 4) is 0 Å². The summed E-state index contributed by atoms with van der Waals surface area (Å²) >= 11 is 1.45. The van der Waals surface area contributed by atoms with Crippen LogP contribution in [0.2, 0.25) is 0 Å². The second kappa shape index (κ2) is 5.02. The molecule has 2 N–H and O–H groups in total. The number of rotatable bonds is 3. The molecule has 0 bridgehead atoms. The van der Waals surface area contributed by atoms with E-state index >= 15 is 0 Å². The lowest BCUT2D eigenvalue weighted by Crippen LogP contribution is -2.29. The smallest absolute Gasteiger partial charge is 0.235 e. The van der Waals surface area contributed by atoms with Gasteiger partial charge in [0.1, 0.15) is 0 Å². The van der Waals surface area contributed by atoms with Crippen LogP contribution in [-0.2, 0) is 4.79 Å². The summed E-state index contributed by atoms with van der Waals surface area (Å²) in [4.78, 5) is 18.0. The predicted molar refractivity (Wildman–Crippen MR) is 62.7 cm³/mol. The monoisotopic (exact) mass is 225 g/mol. The molecule has 1 rings (SSSR count). The summed E-state index contributed by atoms with van der Waals surface area (Å²) in [5, 5.41) is -0.135. The van der Waals surface area contributed by atoms with Gasteiger partial charge in [-0.3, -0.25) is 9.78 Å². The Morgan fingerprint density at radius 3 is 2.80 bits per heavy atom. The number of thioether (sulfide) groups is 1. The molecular weight excluding hydrogens is 210 g/mol. The minimum absolute atomic E-state index is 0.0798. The van der Waals surface area contributed by atoms with Gasteiger partial charge in [0.25, 0.3) is 0 Å². The number of aromatic nitrogens is 1. The number of carbonyl (C=O) groups is 1. The zero-order chi connectivity index (χ0) is 11.4. The Balaban J connectivity index is 2.71. The number of hydrogen-bond acceptors (Lipinski definition) is 4. The van der Waals surface area contributed by atoms with Gasteiger partial charge in [0.15, 0.2) is 0 Å². The van der Waals surface area contributed by atoms with E-state index in [0.717, 1.165) is 4.90 Å². The predicted octanol–water partition coefficient (Wildman–Crippen LogP) is 1.23. The Bertz CT molecular complexity index is 354. The minimum Gasteiger partial charge on any atom is -0.397 e. The molecule has 1 atom stereocenters. The molecule has 0 aliphatic carbocycles. The maximum absolute atomic E-state index is 11.6. The number of nitrogen functional groups attached to an aromatic ring is 1. The molecule has 1 unspecified atom stereocenters. The molecule has 82 valence electrons. The second-order valence-electron chi connectivity index (χ2n) is 3.41. The van der Waals surface area contributed by atoms with Gasteiger partial charge in [0.05, 0.1) is 17.1 Å². The van der Waals surface area contributed by atoms with Crippen LogP contribution in [0.25, 0.3) is 0 Å². The van der Waals surface area contributed by atoms with Gasteiger partial charge in [0, 0.05) is 25.2 Å². The van der Waals surface area contributed by atoms with Crippen molar-refractivity contribution < 1.29 is 4.79 Å². The first-order valence-electron chi connectivity index (χ1n) is 4.59. The lowest BCUT2D eigenvalue weighted by atomic mass is 10.4. The number of nitrogens with zero attached hydrogens (tertiary/aromatic N) is 2. The Kier molecular flexibility index (Phi) is 3.96. The highest BCUT2D eigenvalue weighted by Gasteiger charge is 2.16. The summed E-state index contributed by atoms with van der Waals surface area (Å²) in [5.74, 6) is 0.0798. The quantitative estimate of drug-likeness (QED) is 0.786. The zero-order valence-corrected chi connectivity index (χ0v) is 9.91. The van der Waals surface area contributed by atoms with E-state index in [0.29, 0.717) is 5.69 Å². The molecule has 15 heavy (non-hydrogen) atoms. The average Bonchev–Trinajstić information content (AvgIpc) is 2.20. The molecule has 1 aromatic rings. The van der Waals surface area contributed by atoms with Crippen molar-refractivity contribution in [2.24, 2.45) is 0 Å². The molecule has 0 radical (unpaired) electrons. The molecule has 4 nitrogen and oxygen atoms in total. The Labute approximate surface area is 93.9 Å². The fourth-order valence-corrected chi connectivity index (χ4v) is 2.13. The molecule has 0 aliphatic heterocycles. The van der Waals surface area contributed by atoms with Crippen LogP contribution in [0.3, 0.4) is 0 Å². The van der Waals surface area contributed by atoms with Crippen molar-refractivity contribution in [1.82, 2.24) is 9.88 Å². The van der Waals surface area contributed by atoms with Gasteiger partial charge in [-0.2, -0.15) is 0 Å². The Morgan fingerprint density at radius 1 is 1.60 bits per heavy atom. The van der Waals surface area contributed by atoms with Crippen molar-refractivity contribution in [2.45, 2.75) is 17.1 Å². The van der Waals surface area contributed by atoms with Gasteiger partial charge in [0.2, 0.25) is 5.91 Å². The molecule has 1 amide bonds. The molecular formula is C10H15N3OS. The number of pyridine rings is 1. The fourth-order valence-electron chi connectivity index (χ4n) is 1.11. The van der Waals surface area contributed by atoms with Crippen LogP contribution in [-0.4, -0.2) is 35.1 Å². The molecule has 5 heteroatoms. The van der Waals surface area contributed by atoms with Crippen LogP contribution < -0.4 is 5.73 Å². The number of nitrogens with two attached hydrogens (primary N) is 1. The highest BCUT2D eigenvalue weighted by Crippen LogP contribution is 2.28. The van der Waals surface area contributed by atoms with E-state index in [1.165, 1.54) is 11.8 Å². The summed E-state index contributed by atoms with van der Waals surface area (Å²) in [6.45, 7) is 1.87. The first-order chi connectivity index (χ1) is 7.02. The maximum atomic E-state index is 11.6. The van der Waals surface area contributed by atoms with E-state index in [1.54, 1.807) is 31.4 Å². The summed E-state index contributed by atoms with van der Waals surface area (Å²) in [7, 11) is 3.49. The summed E-state index contributed by atoms with van der Waals surface area (Å²) in [5.41, 5.74) is 6.35. The summed E-state index contributed by atoms with van der Waals surface area (Å²) in [6.07, 6.45) is 3.26. The molecule has 0 saturated carbocycles. The summed E-state index contributed by atoms with van der Waals surface area (Å²) in [6, 6.07) is 1.82. The second-order valence-corrected chi connectivity index (χ2v) is 4.79. The number of hydrogen-bond donors (Lipinski definition) is 1. The van der Waals surface area contributed by atoms with Crippen LogP contribution in [0.5, 0.6) is 0 Å². The topological polar surface area (TPSA) is 59.2 Å². The first-order valence-corrected chi connectivity index (χ1v) is 5.47. The van der Waals surface area contributed by atoms with Crippen LogP contribution in [0, 0.1) is 0 Å². The third-order valence-corrected chi connectivity index (χ3v) is 3.08. The van der Waals surface area contributed by atoms with Crippen molar-refractivity contribution in [3.63, 3.8) is 0 Å². The van der Waals surface area contributed by atoms with Crippen molar-refractivity contribution in [3.05, 3.63) is 18.5 Å². The average molecular weight is 225 g/mol. The molecule has 0 aliphatic rings. The Hall–Kier alpha value is -1.23. The highest BCUT2D eigenvalue weighted by molar-refractivity contribution is 8.00. The van der Waals surface area contributed by atoms with Crippen molar-refractivity contribution >= 4 is 23.4 Å². The van der Waals surface area contributed by atoms with E-state index in [9.17, 15) is 4.79 Å². The van der Waals surface area contributed by atoms with Crippen molar-refractivity contribution in [1.29, 1.82) is 0 Å². The molecule has 0 fully saturated rings. The number of anilines is 1. The van der Waals surface area contributed by atoms with Gasteiger partial charge < -0.3 is 10.6 Å². The molecule has 0 saturated heterocycles. The third-order valence-electron chi connectivity index (χ3n) is 1.90. The van der Waals surface area contributed by atoms with Gasteiger partial charge in [-0.1, -0.05) is 0 Å². The lowest BCUT2D eigenvalue weighted by molar-refractivity contribution is -0.127. The van der Waals surface area contributed by atoms with E-state index in [4.69, 9.17) is 5.73 Å².